The average molecular weight is 268 g/mol. The number of hydrogen-bond acceptors (Lipinski definition) is 2. The molecule has 19 heavy (non-hydrogen) atoms. The maximum Gasteiger partial charge on any atom is 0.223 e. The van der Waals surface area contributed by atoms with Crippen LogP contribution in [0.4, 0.5) is 0 Å². The smallest absolute Gasteiger partial charge is 0.223 e. The zero-order chi connectivity index (χ0) is 14.3. The van der Waals surface area contributed by atoms with Gasteiger partial charge >= 0.3 is 0 Å². The van der Waals surface area contributed by atoms with E-state index in [2.05, 4.69) is 19.2 Å². The minimum atomic E-state index is 0.0979. The van der Waals surface area contributed by atoms with E-state index in [9.17, 15) is 9.59 Å². The van der Waals surface area contributed by atoms with E-state index in [4.69, 9.17) is 0 Å². The quantitative estimate of drug-likeness (QED) is 0.751. The van der Waals surface area contributed by atoms with Crippen molar-refractivity contribution < 1.29 is 9.59 Å². The number of carbonyl (C=O) groups excluding carboxylic acids is 2. The molecule has 1 saturated heterocycles. The molecule has 1 aliphatic rings. The molecule has 0 bridgehead atoms. The molecule has 0 saturated carbocycles. The van der Waals surface area contributed by atoms with Gasteiger partial charge in [0.1, 0.15) is 0 Å². The molecule has 0 aromatic heterocycles. The van der Waals surface area contributed by atoms with Crippen LogP contribution in [0.1, 0.15) is 52.9 Å². The topological polar surface area (TPSA) is 49.4 Å². The highest BCUT2D eigenvalue weighted by Gasteiger charge is 2.25. The van der Waals surface area contributed by atoms with Gasteiger partial charge in [-0.05, 0) is 25.2 Å². The van der Waals surface area contributed by atoms with Crippen LogP contribution in [0.5, 0.6) is 0 Å². The van der Waals surface area contributed by atoms with E-state index in [0.29, 0.717) is 0 Å². The van der Waals surface area contributed by atoms with E-state index in [1.54, 1.807) is 6.92 Å². The Hall–Kier alpha value is -1.06. The van der Waals surface area contributed by atoms with Crippen molar-refractivity contribution in [2.45, 2.75) is 52.9 Å². The highest BCUT2D eigenvalue weighted by atomic mass is 16.2. The third-order valence-corrected chi connectivity index (χ3v) is 3.82. The van der Waals surface area contributed by atoms with Crippen LogP contribution in [0.15, 0.2) is 0 Å². The monoisotopic (exact) mass is 268 g/mol. The zero-order valence-corrected chi connectivity index (χ0v) is 12.6. The molecule has 1 rings (SSSR count). The maximum atomic E-state index is 12.0. The lowest BCUT2D eigenvalue weighted by molar-refractivity contribution is -0.133. The molecule has 0 atom stereocenters. The highest BCUT2D eigenvalue weighted by molar-refractivity contribution is 5.79. The van der Waals surface area contributed by atoms with Gasteiger partial charge in [-0.15, -0.1) is 0 Å². The number of piperidine rings is 1. The first kappa shape index (κ1) is 16.0. The van der Waals surface area contributed by atoms with Crippen molar-refractivity contribution >= 4 is 11.8 Å². The van der Waals surface area contributed by atoms with Crippen molar-refractivity contribution in [2.24, 2.45) is 11.8 Å². The van der Waals surface area contributed by atoms with E-state index in [-0.39, 0.29) is 17.7 Å². The molecule has 0 spiro atoms. The summed E-state index contributed by atoms with van der Waals surface area (Å²) in [5.41, 5.74) is 0. The van der Waals surface area contributed by atoms with Crippen molar-refractivity contribution in [3.63, 3.8) is 0 Å². The van der Waals surface area contributed by atoms with Gasteiger partial charge in [0.15, 0.2) is 0 Å². The lowest BCUT2D eigenvalue weighted by Crippen LogP contribution is -2.42. The van der Waals surface area contributed by atoms with E-state index in [0.717, 1.165) is 44.8 Å². The van der Waals surface area contributed by atoms with Crippen molar-refractivity contribution in [3.05, 3.63) is 0 Å². The van der Waals surface area contributed by atoms with Gasteiger partial charge < -0.3 is 10.2 Å². The molecule has 2 amide bonds. The largest absolute Gasteiger partial charge is 0.356 e. The summed E-state index contributed by atoms with van der Waals surface area (Å²) in [7, 11) is 0. The van der Waals surface area contributed by atoms with Gasteiger partial charge in [-0.1, -0.05) is 26.7 Å². The summed E-state index contributed by atoms with van der Waals surface area (Å²) in [6.45, 7) is 8.28. The van der Waals surface area contributed by atoms with Crippen LogP contribution in [0, 0.1) is 11.8 Å². The van der Waals surface area contributed by atoms with E-state index < -0.39 is 0 Å². The first-order valence-electron chi connectivity index (χ1n) is 7.54. The molecule has 0 aromatic carbocycles. The molecule has 0 unspecified atom stereocenters. The lowest BCUT2D eigenvalue weighted by atomic mass is 9.96. The van der Waals surface area contributed by atoms with Crippen molar-refractivity contribution in [3.8, 4) is 0 Å². The Labute approximate surface area is 116 Å². The second-order valence-corrected chi connectivity index (χ2v) is 5.96. The first-order valence-corrected chi connectivity index (χ1v) is 7.54. The van der Waals surface area contributed by atoms with Crippen LogP contribution in [0.3, 0.4) is 0 Å². The number of amides is 2. The maximum absolute atomic E-state index is 12.0. The summed E-state index contributed by atoms with van der Waals surface area (Å²) in [6.07, 6.45) is 5.08. The number of rotatable bonds is 6. The Balaban J connectivity index is 2.12. The molecule has 0 aromatic rings. The number of unbranched alkanes of at least 4 members (excludes halogenated alkanes) is 1. The lowest BCUT2D eigenvalue weighted by Gasteiger charge is -2.30. The third-order valence-electron chi connectivity index (χ3n) is 3.82. The number of likely N-dealkylation sites (tertiary alicyclic amines) is 1. The fraction of sp³-hybridized carbons (Fsp3) is 0.867. The Morgan fingerprint density at radius 1 is 1.21 bits per heavy atom. The van der Waals surface area contributed by atoms with Crippen LogP contribution in [-0.2, 0) is 9.59 Å². The van der Waals surface area contributed by atoms with E-state index in [1.165, 1.54) is 12.8 Å². The van der Waals surface area contributed by atoms with Gasteiger partial charge in [0.25, 0.3) is 0 Å². The molecule has 1 fully saturated rings. The summed E-state index contributed by atoms with van der Waals surface area (Å²) in [4.78, 5) is 25.0. The van der Waals surface area contributed by atoms with E-state index >= 15 is 0 Å². The minimum Gasteiger partial charge on any atom is -0.356 e. The van der Waals surface area contributed by atoms with Crippen LogP contribution in [0.2, 0.25) is 0 Å². The minimum absolute atomic E-state index is 0.0979. The number of nitrogens with zero attached hydrogens (tertiary/aromatic N) is 1. The molecule has 4 heteroatoms. The van der Waals surface area contributed by atoms with Crippen molar-refractivity contribution in [1.29, 1.82) is 0 Å². The fourth-order valence-corrected chi connectivity index (χ4v) is 2.49. The molecule has 1 heterocycles. The van der Waals surface area contributed by atoms with Crippen LogP contribution in [-0.4, -0.2) is 36.3 Å². The average Bonchev–Trinajstić information content (AvgIpc) is 2.37. The molecule has 1 N–H and O–H groups in total. The molecule has 0 radical (unpaired) electrons. The third kappa shape index (κ3) is 6.08. The van der Waals surface area contributed by atoms with E-state index in [1.807, 2.05) is 4.90 Å². The van der Waals surface area contributed by atoms with Gasteiger partial charge in [-0.3, -0.25) is 9.59 Å². The number of nitrogens with one attached hydrogen (secondary N) is 1. The van der Waals surface area contributed by atoms with Gasteiger partial charge in [-0.25, -0.2) is 0 Å². The summed E-state index contributed by atoms with van der Waals surface area (Å²) in [6, 6.07) is 0. The summed E-state index contributed by atoms with van der Waals surface area (Å²) < 4.78 is 0. The Bertz CT molecular complexity index is 295. The van der Waals surface area contributed by atoms with Gasteiger partial charge in [-0.2, -0.15) is 0 Å². The van der Waals surface area contributed by atoms with Crippen LogP contribution in [0.25, 0.3) is 0 Å². The van der Waals surface area contributed by atoms with Crippen LogP contribution >= 0.6 is 0 Å². The molecular formula is C15H28N2O2. The van der Waals surface area contributed by atoms with Crippen molar-refractivity contribution in [2.75, 3.05) is 19.6 Å². The number of hydrogen-bond donors (Lipinski definition) is 1. The predicted octanol–water partition coefficient (Wildman–Crippen LogP) is 2.19. The highest BCUT2D eigenvalue weighted by Crippen LogP contribution is 2.17. The Morgan fingerprint density at radius 3 is 2.37 bits per heavy atom. The van der Waals surface area contributed by atoms with Crippen LogP contribution < -0.4 is 5.32 Å². The van der Waals surface area contributed by atoms with Gasteiger partial charge in [0.2, 0.25) is 11.8 Å². The summed E-state index contributed by atoms with van der Waals surface area (Å²) in [5, 5.41) is 3.03. The Kier molecular flexibility index (Phi) is 6.89. The molecule has 1 aliphatic heterocycles. The van der Waals surface area contributed by atoms with Gasteiger partial charge in [0.05, 0.1) is 0 Å². The van der Waals surface area contributed by atoms with Crippen molar-refractivity contribution in [1.82, 2.24) is 10.2 Å². The second kappa shape index (κ2) is 8.18. The number of carbonyl (C=O) groups is 2. The summed E-state index contributed by atoms with van der Waals surface area (Å²) in [5.74, 6) is 1.13. The van der Waals surface area contributed by atoms with Gasteiger partial charge in [0, 0.05) is 32.5 Å². The molecule has 110 valence electrons. The molecule has 4 nitrogen and oxygen atoms in total. The SMILES string of the molecule is CC(=O)N1CCC(C(=O)NCCCCC(C)C)CC1. The predicted molar refractivity (Wildman–Crippen MR) is 76.7 cm³/mol. The molecule has 0 aliphatic carbocycles. The molecular weight excluding hydrogens is 240 g/mol. The normalized spacial score (nSPS) is 16.7. The first-order chi connectivity index (χ1) is 9.00. The fourth-order valence-electron chi connectivity index (χ4n) is 2.49. The second-order valence-electron chi connectivity index (χ2n) is 5.96. The zero-order valence-electron chi connectivity index (χ0n) is 12.6. The summed E-state index contributed by atoms with van der Waals surface area (Å²) >= 11 is 0. The Morgan fingerprint density at radius 2 is 1.84 bits per heavy atom. The standard InChI is InChI=1S/C15H28N2O2/c1-12(2)6-4-5-9-16-15(19)14-7-10-17(11-8-14)13(3)18/h12,14H,4-11H2,1-3H3,(H,16,19).